The van der Waals surface area contributed by atoms with Crippen LogP contribution in [0.25, 0.3) is 6.20 Å². The van der Waals surface area contributed by atoms with Crippen molar-refractivity contribution in [2.75, 3.05) is 19.6 Å². The molecule has 0 bridgehead atoms. The van der Waals surface area contributed by atoms with Gasteiger partial charge in [0.05, 0.1) is 11.8 Å². The molecule has 2 heterocycles. The van der Waals surface area contributed by atoms with E-state index in [1.807, 2.05) is 0 Å². The second-order valence-electron chi connectivity index (χ2n) is 7.08. The van der Waals surface area contributed by atoms with Crippen molar-refractivity contribution < 1.29 is 4.79 Å². The molecule has 1 aromatic carbocycles. The van der Waals surface area contributed by atoms with Crippen LogP contribution in [0, 0.1) is 5.92 Å². The molecule has 5 nitrogen and oxygen atoms in total. The van der Waals surface area contributed by atoms with E-state index < -0.39 is 0 Å². The van der Waals surface area contributed by atoms with Crippen LogP contribution in [0.15, 0.2) is 43.2 Å². The van der Waals surface area contributed by atoms with Crippen LogP contribution in [0.1, 0.15) is 27.9 Å². The summed E-state index contributed by atoms with van der Waals surface area (Å²) in [6, 6.07) is 9.42. The Labute approximate surface area is 148 Å². The average Bonchev–Trinajstić information content (AvgIpc) is 3.37. The molecule has 1 atom stereocenters. The molecule has 1 fully saturated rings. The maximum atomic E-state index is 12.2. The molecule has 2 aliphatic rings. The van der Waals surface area contributed by atoms with Gasteiger partial charge in [-0.25, -0.2) is 4.68 Å². The number of fused-ring (bicyclic) bond motifs is 1. The quantitative estimate of drug-likeness (QED) is 0.911. The summed E-state index contributed by atoms with van der Waals surface area (Å²) in [6.45, 7) is 6.57. The first-order valence-electron chi connectivity index (χ1n) is 8.98. The third kappa shape index (κ3) is 3.37. The van der Waals surface area contributed by atoms with E-state index in [4.69, 9.17) is 0 Å². The maximum absolute atomic E-state index is 12.2. The van der Waals surface area contributed by atoms with Crippen LogP contribution in [0.2, 0.25) is 0 Å². The van der Waals surface area contributed by atoms with Crippen LogP contribution in [0.5, 0.6) is 0 Å². The number of nitrogens with one attached hydrogen (secondary N) is 1. The van der Waals surface area contributed by atoms with E-state index in [2.05, 4.69) is 46.2 Å². The topological polar surface area (TPSA) is 50.2 Å². The molecule has 1 saturated heterocycles. The van der Waals surface area contributed by atoms with Crippen molar-refractivity contribution in [3.63, 3.8) is 0 Å². The average molecular weight is 336 g/mol. The Morgan fingerprint density at radius 3 is 2.76 bits per heavy atom. The zero-order chi connectivity index (χ0) is 17.2. The predicted molar refractivity (Wildman–Crippen MR) is 98.3 cm³/mol. The van der Waals surface area contributed by atoms with Gasteiger partial charge >= 0.3 is 0 Å². The van der Waals surface area contributed by atoms with Crippen LogP contribution in [0.3, 0.4) is 0 Å². The van der Waals surface area contributed by atoms with Gasteiger partial charge in [-0.3, -0.25) is 9.69 Å². The largest absolute Gasteiger partial charge is 0.352 e. The molecule has 2 aromatic rings. The highest BCUT2D eigenvalue weighted by molar-refractivity contribution is 5.93. The highest BCUT2D eigenvalue weighted by Gasteiger charge is 2.32. The summed E-state index contributed by atoms with van der Waals surface area (Å²) >= 11 is 0. The zero-order valence-electron chi connectivity index (χ0n) is 14.4. The number of amides is 1. The van der Waals surface area contributed by atoms with Gasteiger partial charge < -0.3 is 5.32 Å². The third-order valence-corrected chi connectivity index (χ3v) is 5.47. The van der Waals surface area contributed by atoms with Crippen molar-refractivity contribution >= 4 is 12.1 Å². The lowest BCUT2D eigenvalue weighted by atomic mass is 10.1. The van der Waals surface area contributed by atoms with Gasteiger partial charge in [-0.2, -0.15) is 5.10 Å². The molecule has 0 radical (unpaired) electrons. The number of carbonyl (C=O) groups is 1. The summed E-state index contributed by atoms with van der Waals surface area (Å²) in [4.78, 5) is 14.8. The van der Waals surface area contributed by atoms with Gasteiger partial charge in [-0.15, -0.1) is 0 Å². The highest BCUT2D eigenvalue weighted by atomic mass is 16.1. The van der Waals surface area contributed by atoms with Crippen molar-refractivity contribution in [3.05, 3.63) is 59.9 Å². The van der Waals surface area contributed by atoms with Crippen LogP contribution < -0.4 is 5.32 Å². The monoisotopic (exact) mass is 336 g/mol. The summed E-state index contributed by atoms with van der Waals surface area (Å²) in [5.41, 5.74) is 3.59. The van der Waals surface area contributed by atoms with Gasteiger partial charge in [0, 0.05) is 31.5 Å². The fourth-order valence-electron chi connectivity index (χ4n) is 4.05. The fraction of sp³-hybridized carbons (Fsp3) is 0.400. The van der Waals surface area contributed by atoms with E-state index in [9.17, 15) is 4.79 Å². The van der Waals surface area contributed by atoms with E-state index >= 15 is 0 Å². The normalized spacial score (nSPS) is 20.6. The maximum Gasteiger partial charge on any atom is 0.254 e. The lowest BCUT2D eigenvalue weighted by Gasteiger charge is -2.23. The molecule has 1 aliphatic heterocycles. The molecular weight excluding hydrogens is 312 g/mol. The summed E-state index contributed by atoms with van der Waals surface area (Å²) in [5, 5.41) is 7.10. The summed E-state index contributed by atoms with van der Waals surface area (Å²) in [5.74, 6) is 0.474. The van der Waals surface area contributed by atoms with Gasteiger partial charge in [0.15, 0.2) is 0 Å². The molecule has 0 saturated carbocycles. The Balaban J connectivity index is 1.27. The minimum Gasteiger partial charge on any atom is -0.352 e. The molecule has 1 N–H and O–H groups in total. The van der Waals surface area contributed by atoms with Crippen LogP contribution >= 0.6 is 0 Å². The first kappa shape index (κ1) is 16.1. The van der Waals surface area contributed by atoms with Gasteiger partial charge in [-0.1, -0.05) is 30.8 Å². The van der Waals surface area contributed by atoms with Gasteiger partial charge in [0.25, 0.3) is 5.91 Å². The second kappa shape index (κ2) is 6.84. The second-order valence-corrected chi connectivity index (χ2v) is 7.08. The molecule has 4 rings (SSSR count). The number of benzene rings is 1. The van der Waals surface area contributed by atoms with Crippen molar-refractivity contribution in [2.45, 2.75) is 25.3 Å². The fourth-order valence-corrected chi connectivity index (χ4v) is 4.05. The Morgan fingerprint density at radius 1 is 1.32 bits per heavy atom. The Kier molecular flexibility index (Phi) is 4.40. The van der Waals surface area contributed by atoms with Gasteiger partial charge in [-0.05, 0) is 42.9 Å². The first-order valence-corrected chi connectivity index (χ1v) is 8.98. The van der Waals surface area contributed by atoms with E-state index in [1.54, 1.807) is 23.3 Å². The van der Waals surface area contributed by atoms with E-state index in [0.29, 0.717) is 17.5 Å². The predicted octanol–water partition coefficient (Wildman–Crippen LogP) is 2.20. The molecule has 1 aromatic heterocycles. The number of aromatic nitrogens is 2. The van der Waals surface area contributed by atoms with Crippen molar-refractivity contribution in [2.24, 2.45) is 5.92 Å². The number of hydrogen-bond acceptors (Lipinski definition) is 3. The molecule has 0 spiro atoms. The van der Waals surface area contributed by atoms with E-state index in [-0.39, 0.29) is 5.91 Å². The number of nitrogens with zero attached hydrogens (tertiary/aromatic N) is 3. The molecule has 0 unspecified atom stereocenters. The first-order chi connectivity index (χ1) is 12.2. The number of hydrogen-bond donors (Lipinski definition) is 1. The van der Waals surface area contributed by atoms with Crippen molar-refractivity contribution in [3.8, 4) is 0 Å². The summed E-state index contributed by atoms with van der Waals surface area (Å²) < 4.78 is 1.55. The molecule has 1 aliphatic carbocycles. The highest BCUT2D eigenvalue weighted by Crippen LogP contribution is 2.29. The van der Waals surface area contributed by atoms with Crippen molar-refractivity contribution in [1.29, 1.82) is 0 Å². The molecule has 25 heavy (non-hydrogen) atoms. The SMILES string of the molecule is C=Cn1cc(C(=O)NC[C@@H]2CCN(C3Cc4ccccc4C3)C2)cn1. The lowest BCUT2D eigenvalue weighted by Crippen LogP contribution is -2.36. The van der Waals surface area contributed by atoms with E-state index in [0.717, 1.165) is 38.9 Å². The molecular formula is C20H24N4O. The standard InChI is InChI=1S/C20H24N4O/c1-2-24-14-18(12-22-24)20(25)21-11-15-7-8-23(13-15)19-9-16-5-3-4-6-17(16)10-19/h2-6,12,14-15,19H,1,7-11,13H2,(H,21,25)/t15-/m0/s1. The summed E-state index contributed by atoms with van der Waals surface area (Å²) in [7, 11) is 0. The molecule has 5 heteroatoms. The van der Waals surface area contributed by atoms with Crippen LogP contribution in [0.4, 0.5) is 0 Å². The minimum absolute atomic E-state index is 0.0557. The number of carbonyl (C=O) groups excluding carboxylic acids is 1. The van der Waals surface area contributed by atoms with Gasteiger partial charge in [0.1, 0.15) is 0 Å². The van der Waals surface area contributed by atoms with E-state index in [1.165, 1.54) is 11.1 Å². The summed E-state index contributed by atoms with van der Waals surface area (Å²) in [6.07, 6.45) is 8.32. The zero-order valence-corrected chi connectivity index (χ0v) is 14.4. The lowest BCUT2D eigenvalue weighted by molar-refractivity contribution is 0.0947. The number of likely N-dealkylation sites (tertiary alicyclic amines) is 1. The third-order valence-electron chi connectivity index (χ3n) is 5.47. The molecule has 1 amide bonds. The minimum atomic E-state index is -0.0557. The number of rotatable bonds is 5. The smallest absolute Gasteiger partial charge is 0.254 e. The van der Waals surface area contributed by atoms with Crippen LogP contribution in [-0.4, -0.2) is 46.3 Å². The Morgan fingerprint density at radius 2 is 2.08 bits per heavy atom. The van der Waals surface area contributed by atoms with Crippen LogP contribution in [-0.2, 0) is 12.8 Å². The molecule has 130 valence electrons. The Bertz CT molecular complexity index is 757. The Hall–Kier alpha value is -2.40. The van der Waals surface area contributed by atoms with Gasteiger partial charge in [0.2, 0.25) is 0 Å². The van der Waals surface area contributed by atoms with Crippen molar-refractivity contribution in [1.82, 2.24) is 20.0 Å².